The van der Waals surface area contributed by atoms with Crippen LogP contribution in [-0.2, 0) is 4.79 Å². The summed E-state index contributed by atoms with van der Waals surface area (Å²) in [6.07, 6.45) is 1.32. The topological polar surface area (TPSA) is 55.6 Å². The zero-order valence-corrected chi connectivity index (χ0v) is 15.6. The van der Waals surface area contributed by atoms with Gasteiger partial charge in [0.15, 0.2) is 6.10 Å². The number of likely N-dealkylation sites (tertiary alicyclic amines) is 1. The van der Waals surface area contributed by atoms with Crippen molar-refractivity contribution in [2.45, 2.75) is 38.8 Å². The number of carbonyl (C=O) groups is 1. The molecular formula is C16H23Cl3N2O2. The van der Waals surface area contributed by atoms with E-state index in [4.69, 9.17) is 33.7 Å². The average Bonchev–Trinajstić information content (AvgIpc) is 2.45. The molecule has 23 heavy (non-hydrogen) atoms. The number of amides is 1. The molecule has 0 aliphatic carbocycles. The van der Waals surface area contributed by atoms with Gasteiger partial charge in [0.25, 0.3) is 5.91 Å². The molecule has 0 aromatic heterocycles. The van der Waals surface area contributed by atoms with E-state index in [9.17, 15) is 4.79 Å². The molecule has 4 nitrogen and oxygen atoms in total. The van der Waals surface area contributed by atoms with Crippen molar-refractivity contribution < 1.29 is 9.53 Å². The van der Waals surface area contributed by atoms with E-state index in [2.05, 4.69) is 0 Å². The van der Waals surface area contributed by atoms with E-state index in [-0.39, 0.29) is 24.4 Å². The Hall–Kier alpha value is -0.680. The van der Waals surface area contributed by atoms with E-state index in [0.717, 1.165) is 25.9 Å². The molecule has 0 radical (unpaired) electrons. The SMILES string of the molecule is CC(Oc1cc(Cl)cc(Cl)c1)C(=O)N1CCC(C(C)N)CC1.Cl. The van der Waals surface area contributed by atoms with Crippen LogP contribution in [0.5, 0.6) is 5.75 Å². The summed E-state index contributed by atoms with van der Waals surface area (Å²) in [5.74, 6) is 0.982. The van der Waals surface area contributed by atoms with Gasteiger partial charge in [-0.1, -0.05) is 23.2 Å². The molecule has 7 heteroatoms. The van der Waals surface area contributed by atoms with Crippen LogP contribution in [0.4, 0.5) is 0 Å². The summed E-state index contributed by atoms with van der Waals surface area (Å²) in [6, 6.07) is 5.11. The minimum absolute atomic E-state index is 0. The van der Waals surface area contributed by atoms with Crippen molar-refractivity contribution >= 4 is 41.5 Å². The average molecular weight is 382 g/mol. The molecule has 0 spiro atoms. The lowest BCUT2D eigenvalue weighted by Gasteiger charge is -2.35. The first-order valence-corrected chi connectivity index (χ1v) is 8.29. The normalized spacial score (nSPS) is 18.0. The van der Waals surface area contributed by atoms with E-state index in [1.54, 1.807) is 25.1 Å². The lowest BCUT2D eigenvalue weighted by molar-refractivity contribution is -0.139. The maximum Gasteiger partial charge on any atom is 0.263 e. The Balaban J connectivity index is 0.00000264. The highest BCUT2D eigenvalue weighted by Crippen LogP contribution is 2.26. The van der Waals surface area contributed by atoms with Gasteiger partial charge in [0, 0.05) is 29.2 Å². The molecular weight excluding hydrogens is 359 g/mol. The van der Waals surface area contributed by atoms with Crippen LogP contribution < -0.4 is 10.5 Å². The Morgan fingerprint density at radius 2 is 1.74 bits per heavy atom. The predicted molar refractivity (Wildman–Crippen MR) is 96.8 cm³/mol. The highest BCUT2D eigenvalue weighted by Gasteiger charge is 2.28. The number of hydrogen-bond acceptors (Lipinski definition) is 3. The monoisotopic (exact) mass is 380 g/mol. The molecule has 2 rings (SSSR count). The van der Waals surface area contributed by atoms with Crippen LogP contribution >= 0.6 is 35.6 Å². The predicted octanol–water partition coefficient (Wildman–Crippen LogP) is 3.77. The molecule has 1 saturated heterocycles. The molecule has 1 amide bonds. The Labute approximate surface area is 153 Å². The fourth-order valence-corrected chi connectivity index (χ4v) is 3.26. The lowest BCUT2D eigenvalue weighted by Crippen LogP contribution is -2.46. The van der Waals surface area contributed by atoms with Gasteiger partial charge >= 0.3 is 0 Å². The fourth-order valence-electron chi connectivity index (χ4n) is 2.75. The zero-order chi connectivity index (χ0) is 16.3. The van der Waals surface area contributed by atoms with Gasteiger partial charge < -0.3 is 15.4 Å². The van der Waals surface area contributed by atoms with Gasteiger partial charge in [-0.2, -0.15) is 0 Å². The third-order valence-corrected chi connectivity index (χ3v) is 4.53. The second-order valence-electron chi connectivity index (χ2n) is 5.89. The third-order valence-electron chi connectivity index (χ3n) is 4.09. The Morgan fingerprint density at radius 1 is 1.22 bits per heavy atom. The van der Waals surface area contributed by atoms with Crippen molar-refractivity contribution in [2.24, 2.45) is 11.7 Å². The molecule has 1 aliphatic rings. The minimum Gasteiger partial charge on any atom is -0.481 e. The second-order valence-corrected chi connectivity index (χ2v) is 6.76. The zero-order valence-electron chi connectivity index (χ0n) is 13.3. The van der Waals surface area contributed by atoms with Crippen molar-refractivity contribution in [3.63, 3.8) is 0 Å². The van der Waals surface area contributed by atoms with Crippen LogP contribution in [-0.4, -0.2) is 36.0 Å². The minimum atomic E-state index is -0.568. The van der Waals surface area contributed by atoms with Gasteiger partial charge in [0.1, 0.15) is 5.75 Å². The highest BCUT2D eigenvalue weighted by atomic mass is 35.5. The number of rotatable bonds is 4. The lowest BCUT2D eigenvalue weighted by atomic mass is 9.91. The second kappa shape index (κ2) is 8.97. The molecule has 2 atom stereocenters. The third kappa shape index (κ3) is 5.71. The summed E-state index contributed by atoms with van der Waals surface area (Å²) in [7, 11) is 0. The molecule has 2 N–H and O–H groups in total. The van der Waals surface area contributed by atoms with Crippen LogP contribution in [0.3, 0.4) is 0 Å². The molecule has 130 valence electrons. The number of piperidine rings is 1. The van der Waals surface area contributed by atoms with Crippen molar-refractivity contribution in [3.8, 4) is 5.75 Å². The van der Waals surface area contributed by atoms with E-state index in [1.807, 2.05) is 11.8 Å². The summed E-state index contributed by atoms with van der Waals surface area (Å²) in [5.41, 5.74) is 5.93. The molecule has 1 aromatic carbocycles. The first-order valence-electron chi connectivity index (χ1n) is 7.54. The highest BCUT2D eigenvalue weighted by molar-refractivity contribution is 6.34. The molecule has 2 unspecified atom stereocenters. The van der Waals surface area contributed by atoms with E-state index in [1.165, 1.54) is 0 Å². The van der Waals surface area contributed by atoms with Gasteiger partial charge in [-0.25, -0.2) is 0 Å². The van der Waals surface area contributed by atoms with Gasteiger partial charge in [0.2, 0.25) is 0 Å². The van der Waals surface area contributed by atoms with Crippen LogP contribution in [0.25, 0.3) is 0 Å². The Kier molecular flexibility index (Phi) is 7.95. The summed E-state index contributed by atoms with van der Waals surface area (Å²) >= 11 is 11.9. The number of carbonyl (C=O) groups excluding carboxylic acids is 1. The first-order chi connectivity index (χ1) is 10.4. The van der Waals surface area contributed by atoms with Crippen molar-refractivity contribution in [2.75, 3.05) is 13.1 Å². The van der Waals surface area contributed by atoms with Crippen LogP contribution in [0.1, 0.15) is 26.7 Å². The first kappa shape index (κ1) is 20.4. The van der Waals surface area contributed by atoms with Crippen molar-refractivity contribution in [1.82, 2.24) is 4.90 Å². The number of ether oxygens (including phenoxy) is 1. The van der Waals surface area contributed by atoms with Crippen LogP contribution in [0, 0.1) is 5.92 Å². The largest absolute Gasteiger partial charge is 0.481 e. The van der Waals surface area contributed by atoms with Gasteiger partial charge in [-0.05, 0) is 50.8 Å². The Bertz CT molecular complexity index is 512. The van der Waals surface area contributed by atoms with Gasteiger partial charge in [-0.3, -0.25) is 4.79 Å². The van der Waals surface area contributed by atoms with Gasteiger partial charge in [0.05, 0.1) is 0 Å². The van der Waals surface area contributed by atoms with Crippen molar-refractivity contribution in [1.29, 1.82) is 0 Å². The van der Waals surface area contributed by atoms with E-state index < -0.39 is 6.10 Å². The summed E-state index contributed by atoms with van der Waals surface area (Å²) in [4.78, 5) is 14.3. The molecule has 1 aliphatic heterocycles. The molecule has 0 bridgehead atoms. The molecule has 1 aromatic rings. The smallest absolute Gasteiger partial charge is 0.263 e. The molecule has 1 heterocycles. The number of halogens is 3. The summed E-state index contributed by atoms with van der Waals surface area (Å²) in [5, 5.41) is 0.972. The van der Waals surface area contributed by atoms with Crippen molar-refractivity contribution in [3.05, 3.63) is 28.2 Å². The van der Waals surface area contributed by atoms with E-state index >= 15 is 0 Å². The maximum absolute atomic E-state index is 12.5. The maximum atomic E-state index is 12.5. The molecule has 0 saturated carbocycles. The molecule has 1 fully saturated rings. The fraction of sp³-hybridized carbons (Fsp3) is 0.562. The van der Waals surface area contributed by atoms with E-state index in [0.29, 0.717) is 21.7 Å². The van der Waals surface area contributed by atoms with Gasteiger partial charge in [-0.15, -0.1) is 12.4 Å². The number of nitrogens with two attached hydrogens (primary N) is 1. The standard InChI is InChI=1S/C16H22Cl2N2O2.ClH/c1-10(19)12-3-5-20(6-4-12)16(21)11(2)22-15-8-13(17)7-14(18)9-15;/h7-12H,3-6,19H2,1-2H3;1H. The number of hydrogen-bond donors (Lipinski definition) is 1. The summed E-state index contributed by atoms with van der Waals surface area (Å²) < 4.78 is 5.68. The quantitative estimate of drug-likeness (QED) is 0.863. The number of nitrogens with zero attached hydrogens (tertiary/aromatic N) is 1. The summed E-state index contributed by atoms with van der Waals surface area (Å²) in [6.45, 7) is 5.23. The Morgan fingerprint density at radius 3 is 2.22 bits per heavy atom. The number of benzene rings is 1. The van der Waals surface area contributed by atoms with Crippen LogP contribution in [0.2, 0.25) is 10.0 Å². The van der Waals surface area contributed by atoms with Crippen LogP contribution in [0.15, 0.2) is 18.2 Å².